The van der Waals surface area contributed by atoms with E-state index < -0.39 is 0 Å². The molecule has 0 bridgehead atoms. The number of hydrogen-bond donors (Lipinski definition) is 1. The van der Waals surface area contributed by atoms with Gasteiger partial charge in [-0.2, -0.15) is 0 Å². The quantitative estimate of drug-likeness (QED) is 0.748. The third-order valence-electron chi connectivity index (χ3n) is 4.18. The van der Waals surface area contributed by atoms with Crippen molar-refractivity contribution in [2.24, 2.45) is 0 Å². The van der Waals surface area contributed by atoms with E-state index in [1.165, 1.54) is 4.90 Å². The van der Waals surface area contributed by atoms with Crippen LogP contribution < -0.4 is 5.32 Å². The number of aryl methyl sites for hydroxylation is 1. The Bertz CT molecular complexity index is 994. The normalized spacial score (nSPS) is 11.0. The smallest absolute Gasteiger partial charge is 0.254 e. The summed E-state index contributed by atoms with van der Waals surface area (Å²) in [4.78, 5) is 31.2. The Balaban J connectivity index is 1.82. The Labute approximate surface area is 157 Å². The molecule has 2 amide bonds. The van der Waals surface area contributed by atoms with Crippen LogP contribution in [0.5, 0.6) is 0 Å². The highest BCUT2D eigenvalue weighted by Gasteiger charge is 2.20. The molecule has 0 aliphatic rings. The van der Waals surface area contributed by atoms with Crippen molar-refractivity contribution >= 4 is 28.5 Å². The molecule has 0 atom stereocenters. The summed E-state index contributed by atoms with van der Waals surface area (Å²) < 4.78 is 4.92. The van der Waals surface area contributed by atoms with Gasteiger partial charge in [0.15, 0.2) is 5.82 Å². The van der Waals surface area contributed by atoms with Crippen LogP contribution in [0.25, 0.3) is 10.9 Å². The Morgan fingerprint density at radius 3 is 2.63 bits per heavy atom. The van der Waals surface area contributed by atoms with Crippen LogP contribution in [-0.4, -0.2) is 40.4 Å². The predicted octanol–water partition coefficient (Wildman–Crippen LogP) is 3.37. The van der Waals surface area contributed by atoms with E-state index in [0.717, 1.165) is 16.6 Å². The van der Waals surface area contributed by atoms with Gasteiger partial charge in [0.1, 0.15) is 5.76 Å². The van der Waals surface area contributed by atoms with Gasteiger partial charge in [-0.3, -0.25) is 14.6 Å². The number of anilines is 1. The first-order valence-electron chi connectivity index (χ1n) is 8.73. The molecular weight excluding hydrogens is 344 g/mol. The molecule has 27 heavy (non-hydrogen) atoms. The lowest BCUT2D eigenvalue weighted by molar-refractivity contribution is -0.116. The molecule has 7 nitrogen and oxygen atoms in total. The fourth-order valence-electron chi connectivity index (χ4n) is 2.77. The molecule has 0 aliphatic carbocycles. The zero-order valence-corrected chi connectivity index (χ0v) is 15.8. The van der Waals surface area contributed by atoms with E-state index in [1.807, 2.05) is 44.2 Å². The van der Waals surface area contributed by atoms with Gasteiger partial charge in [0.2, 0.25) is 5.91 Å². The molecule has 140 valence electrons. The fraction of sp³-hybridized carbons (Fsp3) is 0.300. The lowest BCUT2D eigenvalue weighted by atomic mass is 10.0. The minimum absolute atomic E-state index is 0.0988. The first kappa shape index (κ1) is 18.6. The SMILES string of the molecule is Cc1cc(NC(=O)CN(C)C(=O)c2cc(C(C)C)nc3ccccc23)no1. The maximum Gasteiger partial charge on any atom is 0.254 e. The number of pyridine rings is 1. The highest BCUT2D eigenvalue weighted by Crippen LogP contribution is 2.23. The maximum atomic E-state index is 13.0. The van der Waals surface area contributed by atoms with E-state index in [2.05, 4.69) is 15.5 Å². The van der Waals surface area contributed by atoms with Crippen molar-refractivity contribution in [3.05, 3.63) is 53.4 Å². The average Bonchev–Trinajstić information content (AvgIpc) is 3.04. The van der Waals surface area contributed by atoms with E-state index in [4.69, 9.17) is 4.52 Å². The molecule has 0 radical (unpaired) electrons. The zero-order valence-electron chi connectivity index (χ0n) is 15.8. The summed E-state index contributed by atoms with van der Waals surface area (Å²) in [6.07, 6.45) is 0. The van der Waals surface area contributed by atoms with Crippen molar-refractivity contribution in [2.45, 2.75) is 26.7 Å². The second-order valence-corrected chi connectivity index (χ2v) is 6.80. The Morgan fingerprint density at radius 2 is 1.96 bits per heavy atom. The van der Waals surface area contributed by atoms with Crippen LogP contribution in [0.15, 0.2) is 40.9 Å². The van der Waals surface area contributed by atoms with Crippen LogP contribution >= 0.6 is 0 Å². The summed E-state index contributed by atoms with van der Waals surface area (Å²) >= 11 is 0. The number of hydrogen-bond acceptors (Lipinski definition) is 5. The molecule has 0 spiro atoms. The third-order valence-corrected chi connectivity index (χ3v) is 4.18. The van der Waals surface area contributed by atoms with Gasteiger partial charge in [0.05, 0.1) is 17.6 Å². The Kier molecular flexibility index (Phi) is 5.21. The molecule has 3 rings (SSSR count). The van der Waals surface area contributed by atoms with Crippen molar-refractivity contribution in [2.75, 3.05) is 18.9 Å². The standard InChI is InChI=1S/C20H22N4O3/c1-12(2)17-10-15(14-7-5-6-8-16(14)21-17)20(26)24(4)11-19(25)22-18-9-13(3)27-23-18/h5-10,12H,11H2,1-4H3,(H,22,23,25). The van der Waals surface area contributed by atoms with Crippen LogP contribution in [-0.2, 0) is 4.79 Å². The third kappa shape index (κ3) is 4.13. The number of benzene rings is 1. The van der Waals surface area contributed by atoms with Crippen LogP contribution in [0.4, 0.5) is 5.82 Å². The second-order valence-electron chi connectivity index (χ2n) is 6.80. The summed E-state index contributed by atoms with van der Waals surface area (Å²) in [5.41, 5.74) is 2.15. The summed E-state index contributed by atoms with van der Waals surface area (Å²) in [5.74, 6) is 0.530. The summed E-state index contributed by atoms with van der Waals surface area (Å²) in [6, 6.07) is 10.9. The Morgan fingerprint density at radius 1 is 1.22 bits per heavy atom. The van der Waals surface area contributed by atoms with E-state index in [0.29, 0.717) is 17.1 Å². The first-order chi connectivity index (χ1) is 12.8. The molecule has 2 heterocycles. The van der Waals surface area contributed by atoms with Gasteiger partial charge >= 0.3 is 0 Å². The van der Waals surface area contributed by atoms with Crippen LogP contribution in [0, 0.1) is 6.92 Å². The summed E-state index contributed by atoms with van der Waals surface area (Å²) in [6.45, 7) is 5.70. The van der Waals surface area contributed by atoms with Gasteiger partial charge in [-0.05, 0) is 25.0 Å². The highest BCUT2D eigenvalue weighted by molar-refractivity contribution is 6.07. The predicted molar refractivity (Wildman–Crippen MR) is 103 cm³/mol. The minimum atomic E-state index is -0.346. The molecule has 0 unspecified atom stereocenters. The van der Waals surface area contributed by atoms with Crippen LogP contribution in [0.2, 0.25) is 0 Å². The minimum Gasteiger partial charge on any atom is -0.360 e. The summed E-state index contributed by atoms with van der Waals surface area (Å²) in [5, 5.41) is 7.11. The zero-order chi connectivity index (χ0) is 19.6. The van der Waals surface area contributed by atoms with E-state index in [1.54, 1.807) is 20.0 Å². The molecule has 0 saturated carbocycles. The molecular formula is C20H22N4O3. The highest BCUT2D eigenvalue weighted by atomic mass is 16.5. The number of nitrogens with one attached hydrogen (secondary N) is 1. The van der Waals surface area contributed by atoms with Crippen molar-refractivity contribution in [1.29, 1.82) is 0 Å². The van der Waals surface area contributed by atoms with E-state index in [-0.39, 0.29) is 24.3 Å². The number of carbonyl (C=O) groups is 2. The van der Waals surface area contributed by atoms with Crippen molar-refractivity contribution in [3.63, 3.8) is 0 Å². The number of aromatic nitrogens is 2. The van der Waals surface area contributed by atoms with Crippen molar-refractivity contribution in [3.8, 4) is 0 Å². The van der Waals surface area contributed by atoms with Crippen LogP contribution in [0.3, 0.4) is 0 Å². The van der Waals surface area contributed by atoms with E-state index >= 15 is 0 Å². The van der Waals surface area contributed by atoms with E-state index in [9.17, 15) is 9.59 Å². The fourth-order valence-corrected chi connectivity index (χ4v) is 2.77. The van der Waals surface area contributed by atoms with Crippen molar-refractivity contribution < 1.29 is 14.1 Å². The van der Waals surface area contributed by atoms with Gasteiger partial charge in [-0.25, -0.2) is 0 Å². The lowest BCUT2D eigenvalue weighted by Gasteiger charge is -2.18. The summed E-state index contributed by atoms with van der Waals surface area (Å²) in [7, 11) is 1.60. The molecule has 0 fully saturated rings. The van der Waals surface area contributed by atoms with Gasteiger partial charge < -0.3 is 14.7 Å². The topological polar surface area (TPSA) is 88.3 Å². The molecule has 1 N–H and O–H groups in total. The largest absolute Gasteiger partial charge is 0.360 e. The van der Waals surface area contributed by atoms with Gasteiger partial charge in [0, 0.05) is 24.2 Å². The number of fused-ring (bicyclic) bond motifs is 1. The van der Waals surface area contributed by atoms with Gasteiger partial charge in [-0.15, -0.1) is 0 Å². The van der Waals surface area contributed by atoms with Gasteiger partial charge in [-0.1, -0.05) is 37.2 Å². The molecule has 0 aliphatic heterocycles. The molecule has 0 saturated heterocycles. The molecule has 1 aromatic carbocycles. The first-order valence-corrected chi connectivity index (χ1v) is 8.73. The number of amides is 2. The number of para-hydroxylation sites is 1. The van der Waals surface area contributed by atoms with Crippen molar-refractivity contribution in [1.82, 2.24) is 15.0 Å². The Hall–Kier alpha value is -3.22. The number of likely N-dealkylation sites (N-methyl/N-ethyl adjacent to an activating group) is 1. The number of carbonyl (C=O) groups excluding carboxylic acids is 2. The molecule has 3 aromatic rings. The lowest BCUT2D eigenvalue weighted by Crippen LogP contribution is -2.35. The van der Waals surface area contributed by atoms with Gasteiger partial charge in [0.25, 0.3) is 5.91 Å². The van der Waals surface area contributed by atoms with Crippen LogP contribution in [0.1, 0.15) is 41.6 Å². The average molecular weight is 366 g/mol. The monoisotopic (exact) mass is 366 g/mol. The second kappa shape index (κ2) is 7.57. The molecule has 7 heteroatoms. The number of rotatable bonds is 5. The number of nitrogens with zero attached hydrogens (tertiary/aromatic N) is 3. The maximum absolute atomic E-state index is 13.0. The molecule has 2 aromatic heterocycles.